The van der Waals surface area contributed by atoms with Gasteiger partial charge in [0.1, 0.15) is 0 Å². The van der Waals surface area contributed by atoms with Crippen molar-refractivity contribution < 1.29 is 4.79 Å². The molecule has 3 fully saturated rings. The molecule has 0 aromatic carbocycles. The third-order valence-corrected chi connectivity index (χ3v) is 7.30. The first-order valence-corrected chi connectivity index (χ1v) is 9.99. The number of carbonyl (C=O) groups excluding carboxylic acids is 1. The Morgan fingerprint density at radius 2 is 2.21 bits per heavy atom. The van der Waals surface area contributed by atoms with E-state index >= 15 is 0 Å². The van der Waals surface area contributed by atoms with E-state index in [9.17, 15) is 4.79 Å². The van der Waals surface area contributed by atoms with Crippen LogP contribution >= 0.6 is 23.6 Å². The number of carbonyl (C=O) groups is 1. The number of fused-ring (bicyclic) bond motifs is 5. The Balaban J connectivity index is 1.22. The second-order valence-corrected chi connectivity index (χ2v) is 8.65. The lowest BCUT2D eigenvalue weighted by Crippen LogP contribution is -2.30. The van der Waals surface area contributed by atoms with Crippen LogP contribution in [0.1, 0.15) is 25.7 Å². The predicted octanol–water partition coefficient (Wildman–Crippen LogP) is 3.22. The van der Waals surface area contributed by atoms with Gasteiger partial charge in [-0.05, 0) is 66.6 Å². The minimum atomic E-state index is 0.147. The molecule has 1 amide bonds. The minimum absolute atomic E-state index is 0.147. The summed E-state index contributed by atoms with van der Waals surface area (Å²) in [4.78, 5) is 13.4. The summed E-state index contributed by atoms with van der Waals surface area (Å²) in [7, 11) is 0. The molecule has 0 saturated heterocycles. The van der Waals surface area contributed by atoms with Gasteiger partial charge in [-0.1, -0.05) is 6.07 Å². The summed E-state index contributed by atoms with van der Waals surface area (Å²) in [6, 6.07) is 4.47. The summed E-state index contributed by atoms with van der Waals surface area (Å²) in [6.45, 7) is 0.573. The first-order valence-electron chi connectivity index (χ1n) is 8.71. The molecule has 0 spiro atoms. The smallest absolute Gasteiger partial charge is 0.222 e. The Morgan fingerprint density at radius 1 is 1.42 bits per heavy atom. The van der Waals surface area contributed by atoms with Gasteiger partial charge in [-0.25, -0.2) is 0 Å². The molecule has 3 saturated carbocycles. The molecular formula is C17H20N4OS2. The zero-order valence-corrected chi connectivity index (χ0v) is 14.9. The Bertz CT molecular complexity index is 808. The van der Waals surface area contributed by atoms with Crippen LogP contribution < -0.4 is 5.32 Å². The molecule has 0 radical (unpaired) electrons. The highest BCUT2D eigenvalue weighted by molar-refractivity contribution is 7.71. The van der Waals surface area contributed by atoms with Crippen LogP contribution in [-0.2, 0) is 11.3 Å². The number of amides is 1. The van der Waals surface area contributed by atoms with Crippen LogP contribution in [0.15, 0.2) is 17.5 Å². The maximum atomic E-state index is 12.4. The summed E-state index contributed by atoms with van der Waals surface area (Å²) in [5.41, 5.74) is 0. The highest BCUT2D eigenvalue weighted by Gasteiger charge is 2.65. The Kier molecular flexibility index (Phi) is 3.42. The second kappa shape index (κ2) is 5.52. The maximum absolute atomic E-state index is 12.4. The molecule has 7 heteroatoms. The molecule has 4 atom stereocenters. The number of nitrogens with one attached hydrogen (secondary N) is 2. The highest BCUT2D eigenvalue weighted by Crippen LogP contribution is 2.65. The monoisotopic (exact) mass is 360 g/mol. The van der Waals surface area contributed by atoms with E-state index in [1.165, 1.54) is 19.3 Å². The van der Waals surface area contributed by atoms with E-state index in [0.717, 1.165) is 34.4 Å². The normalized spacial score (nSPS) is 32.8. The number of aromatic nitrogens is 3. The molecule has 3 aliphatic rings. The summed E-state index contributed by atoms with van der Waals surface area (Å²) < 4.78 is 2.51. The Hall–Kier alpha value is -1.47. The van der Waals surface area contributed by atoms with Gasteiger partial charge in [0.05, 0.1) is 4.88 Å². The van der Waals surface area contributed by atoms with E-state index in [4.69, 9.17) is 12.2 Å². The first-order chi connectivity index (χ1) is 11.7. The van der Waals surface area contributed by atoms with E-state index in [-0.39, 0.29) is 5.91 Å². The Morgan fingerprint density at radius 3 is 2.92 bits per heavy atom. The van der Waals surface area contributed by atoms with Gasteiger partial charge in [-0.15, -0.1) is 11.3 Å². The number of H-pyrrole nitrogens is 1. The molecule has 3 aliphatic carbocycles. The molecule has 2 N–H and O–H groups in total. The van der Waals surface area contributed by atoms with Gasteiger partial charge >= 0.3 is 0 Å². The lowest BCUT2D eigenvalue weighted by Gasteiger charge is -2.11. The van der Waals surface area contributed by atoms with Crippen molar-refractivity contribution >= 4 is 29.5 Å². The largest absolute Gasteiger partial charge is 0.353 e. The average Bonchev–Trinajstić information content (AvgIpc) is 3.11. The van der Waals surface area contributed by atoms with Gasteiger partial charge in [-0.3, -0.25) is 14.5 Å². The summed E-state index contributed by atoms with van der Waals surface area (Å²) >= 11 is 6.95. The summed E-state index contributed by atoms with van der Waals surface area (Å²) in [5.74, 6) is 4.31. The third kappa shape index (κ3) is 2.29. The van der Waals surface area contributed by atoms with Crippen molar-refractivity contribution in [3.63, 3.8) is 0 Å². The van der Waals surface area contributed by atoms with Crippen LogP contribution in [-0.4, -0.2) is 26.7 Å². The van der Waals surface area contributed by atoms with Crippen LogP contribution in [0.25, 0.3) is 10.7 Å². The Labute approximate surface area is 149 Å². The van der Waals surface area contributed by atoms with Crippen molar-refractivity contribution in [3.8, 4) is 10.7 Å². The first kappa shape index (κ1) is 14.8. The van der Waals surface area contributed by atoms with Gasteiger partial charge in [0.15, 0.2) is 10.6 Å². The lowest BCUT2D eigenvalue weighted by molar-refractivity contribution is -0.121. The van der Waals surface area contributed by atoms with Gasteiger partial charge in [-0.2, -0.15) is 5.10 Å². The SMILES string of the molecule is O=C(CCn1c(-c2cccs2)n[nH]c1=S)NC1[C@H]2[C@H]3CC[C@@H](C3)[C@H]12. The number of hydrogen-bond donors (Lipinski definition) is 2. The van der Waals surface area contributed by atoms with Gasteiger partial charge in [0.25, 0.3) is 0 Å². The fourth-order valence-electron chi connectivity index (χ4n) is 5.11. The van der Waals surface area contributed by atoms with Crippen LogP contribution in [0.3, 0.4) is 0 Å². The molecule has 2 bridgehead atoms. The number of hydrogen-bond acceptors (Lipinski definition) is 4. The van der Waals surface area contributed by atoms with E-state index in [1.54, 1.807) is 11.3 Å². The minimum Gasteiger partial charge on any atom is -0.353 e. The number of aromatic amines is 1. The average molecular weight is 361 g/mol. The molecule has 126 valence electrons. The molecule has 24 heavy (non-hydrogen) atoms. The quantitative estimate of drug-likeness (QED) is 0.805. The van der Waals surface area contributed by atoms with E-state index in [0.29, 0.717) is 23.8 Å². The number of thiophene rings is 1. The van der Waals surface area contributed by atoms with Gasteiger partial charge in [0, 0.05) is 19.0 Å². The van der Waals surface area contributed by atoms with Crippen LogP contribution in [0, 0.1) is 28.4 Å². The van der Waals surface area contributed by atoms with Crippen molar-refractivity contribution in [2.75, 3.05) is 0 Å². The molecule has 2 aromatic heterocycles. The fraction of sp³-hybridized carbons (Fsp3) is 0.588. The number of rotatable bonds is 5. The topological polar surface area (TPSA) is 62.7 Å². The van der Waals surface area contributed by atoms with Crippen molar-refractivity contribution in [2.24, 2.45) is 23.7 Å². The molecule has 0 aliphatic heterocycles. The lowest BCUT2D eigenvalue weighted by atomic mass is 10.0. The van der Waals surface area contributed by atoms with Crippen molar-refractivity contribution in [1.82, 2.24) is 20.1 Å². The molecule has 0 unspecified atom stereocenters. The number of nitrogens with zero attached hydrogens (tertiary/aromatic N) is 2. The third-order valence-electron chi connectivity index (χ3n) is 6.13. The standard InChI is InChI=1S/C17H20N4OS2/c22-12(18-15-13-9-3-4-10(8-9)14(13)15)5-6-21-16(19-20-17(21)23)11-2-1-7-24-11/h1-2,7,9-10,13-15H,3-6,8H2,(H,18,22)(H,20,23)/t9-,10-,13-,14-/m0/s1. The van der Waals surface area contributed by atoms with Crippen molar-refractivity contribution in [1.29, 1.82) is 0 Å². The van der Waals surface area contributed by atoms with Crippen LogP contribution in [0.5, 0.6) is 0 Å². The van der Waals surface area contributed by atoms with E-state index in [1.807, 2.05) is 22.1 Å². The predicted molar refractivity (Wildman–Crippen MR) is 95.1 cm³/mol. The van der Waals surface area contributed by atoms with Crippen molar-refractivity contribution in [3.05, 3.63) is 22.3 Å². The molecule has 5 nitrogen and oxygen atoms in total. The van der Waals surface area contributed by atoms with E-state index < -0.39 is 0 Å². The van der Waals surface area contributed by atoms with Crippen molar-refractivity contribution in [2.45, 2.75) is 38.3 Å². The van der Waals surface area contributed by atoms with Crippen LogP contribution in [0.4, 0.5) is 0 Å². The van der Waals surface area contributed by atoms with Crippen LogP contribution in [0.2, 0.25) is 0 Å². The summed E-state index contributed by atoms with van der Waals surface area (Å²) in [5, 5.41) is 12.5. The fourth-order valence-corrected chi connectivity index (χ4v) is 6.05. The summed E-state index contributed by atoms with van der Waals surface area (Å²) in [6.07, 6.45) is 4.63. The zero-order valence-electron chi connectivity index (χ0n) is 13.3. The van der Waals surface area contributed by atoms with Gasteiger partial charge < -0.3 is 5.32 Å². The van der Waals surface area contributed by atoms with E-state index in [2.05, 4.69) is 15.5 Å². The van der Waals surface area contributed by atoms with Gasteiger partial charge in [0.2, 0.25) is 5.91 Å². The molecule has 5 rings (SSSR count). The second-order valence-electron chi connectivity index (χ2n) is 7.31. The maximum Gasteiger partial charge on any atom is 0.222 e. The molecule has 2 heterocycles. The molecular weight excluding hydrogens is 340 g/mol. The zero-order chi connectivity index (χ0) is 16.3. The molecule has 2 aromatic rings. The highest BCUT2D eigenvalue weighted by atomic mass is 32.1.